The SMILES string of the molecule is CCN(CC)C1=C/C(=C\c2ccccc2C)C(C(C)=O)C=C1. The maximum absolute atomic E-state index is 12.0. The highest BCUT2D eigenvalue weighted by atomic mass is 16.1. The van der Waals surface area contributed by atoms with Crippen LogP contribution >= 0.6 is 0 Å². The van der Waals surface area contributed by atoms with Gasteiger partial charge < -0.3 is 4.90 Å². The first-order valence-electron chi connectivity index (χ1n) is 7.99. The fourth-order valence-electron chi connectivity index (χ4n) is 2.83. The summed E-state index contributed by atoms with van der Waals surface area (Å²) in [5.41, 5.74) is 4.66. The molecule has 2 rings (SSSR count). The molecule has 2 heteroatoms. The molecular formula is C20H25NO. The lowest BCUT2D eigenvalue weighted by molar-refractivity contribution is -0.118. The number of benzene rings is 1. The predicted octanol–water partition coefficient (Wildman–Crippen LogP) is 4.38. The van der Waals surface area contributed by atoms with Crippen molar-refractivity contribution in [3.63, 3.8) is 0 Å². The smallest absolute Gasteiger partial charge is 0.141 e. The number of carbonyl (C=O) groups excluding carboxylic acids is 1. The molecule has 0 heterocycles. The number of hydrogen-bond acceptors (Lipinski definition) is 2. The van der Waals surface area contributed by atoms with Gasteiger partial charge in [0.25, 0.3) is 0 Å². The van der Waals surface area contributed by atoms with Crippen molar-refractivity contribution >= 4 is 11.9 Å². The van der Waals surface area contributed by atoms with E-state index in [1.807, 2.05) is 18.2 Å². The van der Waals surface area contributed by atoms with Crippen molar-refractivity contribution in [1.29, 1.82) is 0 Å². The van der Waals surface area contributed by atoms with E-state index in [0.717, 1.165) is 18.7 Å². The van der Waals surface area contributed by atoms with E-state index in [9.17, 15) is 4.79 Å². The van der Waals surface area contributed by atoms with Gasteiger partial charge in [0.1, 0.15) is 5.78 Å². The summed E-state index contributed by atoms with van der Waals surface area (Å²) in [6, 6.07) is 8.28. The van der Waals surface area contributed by atoms with Crippen LogP contribution in [0.4, 0.5) is 0 Å². The number of Topliss-reactive ketones (excluding diaryl/α,β-unsaturated/α-hetero) is 1. The lowest BCUT2D eigenvalue weighted by atomic mass is 9.88. The normalized spacial score (nSPS) is 19.2. The Bertz CT molecular complexity index is 633. The zero-order valence-electron chi connectivity index (χ0n) is 14.0. The van der Waals surface area contributed by atoms with Crippen LogP contribution in [0.2, 0.25) is 0 Å². The van der Waals surface area contributed by atoms with Crippen LogP contribution in [0.5, 0.6) is 0 Å². The van der Waals surface area contributed by atoms with Crippen molar-refractivity contribution in [3.05, 3.63) is 64.9 Å². The highest BCUT2D eigenvalue weighted by Crippen LogP contribution is 2.27. The van der Waals surface area contributed by atoms with Gasteiger partial charge in [-0.05, 0) is 56.5 Å². The molecule has 1 aliphatic carbocycles. The van der Waals surface area contributed by atoms with Crippen molar-refractivity contribution in [2.45, 2.75) is 27.7 Å². The topological polar surface area (TPSA) is 20.3 Å². The number of aryl methyl sites for hydroxylation is 1. The van der Waals surface area contributed by atoms with Gasteiger partial charge in [0.2, 0.25) is 0 Å². The highest BCUT2D eigenvalue weighted by Gasteiger charge is 2.20. The van der Waals surface area contributed by atoms with E-state index in [2.05, 4.69) is 56.0 Å². The molecular weight excluding hydrogens is 270 g/mol. The molecule has 0 saturated carbocycles. The molecule has 0 aromatic heterocycles. The van der Waals surface area contributed by atoms with Gasteiger partial charge in [0.05, 0.1) is 5.92 Å². The van der Waals surface area contributed by atoms with Crippen LogP contribution in [0.15, 0.2) is 53.8 Å². The Morgan fingerprint density at radius 1 is 1.23 bits per heavy atom. The number of carbonyl (C=O) groups is 1. The first-order chi connectivity index (χ1) is 10.6. The molecule has 0 N–H and O–H groups in total. The minimum atomic E-state index is -0.140. The molecule has 0 bridgehead atoms. The Balaban J connectivity index is 2.45. The number of nitrogens with zero attached hydrogens (tertiary/aromatic N) is 1. The minimum Gasteiger partial charge on any atom is -0.372 e. The van der Waals surface area contributed by atoms with Gasteiger partial charge in [-0.2, -0.15) is 0 Å². The third-order valence-corrected chi connectivity index (χ3v) is 4.21. The molecule has 0 spiro atoms. The zero-order valence-corrected chi connectivity index (χ0v) is 14.0. The summed E-state index contributed by atoms with van der Waals surface area (Å²) in [6.07, 6.45) is 8.41. The van der Waals surface area contributed by atoms with Crippen LogP contribution in [0.25, 0.3) is 6.08 Å². The molecule has 2 nitrogen and oxygen atoms in total. The number of likely N-dealkylation sites (N-methyl/N-ethyl adjacent to an activating group) is 1. The van der Waals surface area contributed by atoms with Crippen LogP contribution in [0, 0.1) is 12.8 Å². The largest absolute Gasteiger partial charge is 0.372 e. The van der Waals surface area contributed by atoms with E-state index in [4.69, 9.17) is 0 Å². The van der Waals surface area contributed by atoms with Crippen LogP contribution in [0.1, 0.15) is 31.9 Å². The second-order valence-electron chi connectivity index (χ2n) is 5.69. The van der Waals surface area contributed by atoms with Gasteiger partial charge in [-0.3, -0.25) is 4.79 Å². The molecule has 1 aromatic carbocycles. The fourth-order valence-corrected chi connectivity index (χ4v) is 2.83. The molecule has 1 atom stereocenters. The zero-order chi connectivity index (χ0) is 16.1. The Labute approximate surface area is 133 Å². The molecule has 1 aromatic rings. The third kappa shape index (κ3) is 3.56. The van der Waals surface area contributed by atoms with Crippen molar-refractivity contribution in [2.75, 3.05) is 13.1 Å². The van der Waals surface area contributed by atoms with Gasteiger partial charge in [0, 0.05) is 18.8 Å². The standard InChI is InChI=1S/C20H25NO/c1-5-21(6-2)19-11-12-20(16(4)22)18(14-19)13-17-10-8-7-9-15(17)3/h7-14,20H,5-6H2,1-4H3/b18-13+. The summed E-state index contributed by atoms with van der Waals surface area (Å²) >= 11 is 0. The summed E-state index contributed by atoms with van der Waals surface area (Å²) in [6.45, 7) is 10.0. The highest BCUT2D eigenvalue weighted by molar-refractivity contribution is 5.86. The van der Waals surface area contributed by atoms with Crippen molar-refractivity contribution < 1.29 is 4.79 Å². The summed E-state index contributed by atoms with van der Waals surface area (Å²) in [7, 11) is 0. The van der Waals surface area contributed by atoms with Crippen LogP contribution < -0.4 is 0 Å². The van der Waals surface area contributed by atoms with Crippen LogP contribution in [-0.4, -0.2) is 23.8 Å². The molecule has 22 heavy (non-hydrogen) atoms. The molecule has 0 aliphatic heterocycles. The maximum Gasteiger partial charge on any atom is 0.141 e. The Morgan fingerprint density at radius 2 is 1.91 bits per heavy atom. The van der Waals surface area contributed by atoms with E-state index in [0.29, 0.717) is 0 Å². The third-order valence-electron chi connectivity index (χ3n) is 4.21. The van der Waals surface area contributed by atoms with Gasteiger partial charge in [-0.15, -0.1) is 0 Å². The van der Waals surface area contributed by atoms with E-state index in [-0.39, 0.29) is 11.7 Å². The molecule has 116 valence electrons. The molecule has 0 fully saturated rings. The van der Waals surface area contributed by atoms with E-state index in [1.165, 1.54) is 16.8 Å². The fraction of sp³-hybridized carbons (Fsp3) is 0.350. The second-order valence-corrected chi connectivity index (χ2v) is 5.69. The van der Waals surface area contributed by atoms with Crippen molar-refractivity contribution in [2.24, 2.45) is 5.92 Å². The van der Waals surface area contributed by atoms with Gasteiger partial charge >= 0.3 is 0 Å². The van der Waals surface area contributed by atoms with Crippen LogP contribution in [-0.2, 0) is 4.79 Å². The maximum atomic E-state index is 12.0. The van der Waals surface area contributed by atoms with Crippen molar-refractivity contribution in [3.8, 4) is 0 Å². The van der Waals surface area contributed by atoms with Gasteiger partial charge in [0.15, 0.2) is 0 Å². The summed E-state index contributed by atoms with van der Waals surface area (Å²) < 4.78 is 0. The first-order valence-corrected chi connectivity index (χ1v) is 7.99. The molecule has 0 saturated heterocycles. The number of ketones is 1. The first kappa shape index (κ1) is 16.3. The average Bonchev–Trinajstić information content (AvgIpc) is 2.51. The number of allylic oxidation sites excluding steroid dienone is 4. The lowest BCUT2D eigenvalue weighted by Gasteiger charge is -2.27. The molecule has 0 amide bonds. The van der Waals surface area contributed by atoms with E-state index in [1.54, 1.807) is 6.92 Å². The van der Waals surface area contributed by atoms with Crippen LogP contribution in [0.3, 0.4) is 0 Å². The number of hydrogen-bond donors (Lipinski definition) is 0. The van der Waals surface area contributed by atoms with Gasteiger partial charge in [-0.25, -0.2) is 0 Å². The Hall–Kier alpha value is -2.09. The minimum absolute atomic E-state index is 0.140. The lowest BCUT2D eigenvalue weighted by Crippen LogP contribution is -2.24. The Morgan fingerprint density at radius 3 is 2.50 bits per heavy atom. The summed E-state index contributed by atoms with van der Waals surface area (Å²) in [5.74, 6) is 0.0462. The quantitative estimate of drug-likeness (QED) is 0.803. The summed E-state index contributed by atoms with van der Waals surface area (Å²) in [5, 5.41) is 0. The average molecular weight is 295 g/mol. The summed E-state index contributed by atoms with van der Waals surface area (Å²) in [4.78, 5) is 14.3. The van der Waals surface area contributed by atoms with Crippen molar-refractivity contribution in [1.82, 2.24) is 4.90 Å². The number of rotatable bonds is 5. The molecule has 1 unspecified atom stereocenters. The Kier molecular flexibility index (Phi) is 5.37. The van der Waals surface area contributed by atoms with E-state index < -0.39 is 0 Å². The molecule has 0 radical (unpaired) electrons. The predicted molar refractivity (Wildman–Crippen MR) is 93.5 cm³/mol. The monoisotopic (exact) mass is 295 g/mol. The second kappa shape index (κ2) is 7.26. The molecule has 1 aliphatic rings. The van der Waals surface area contributed by atoms with E-state index >= 15 is 0 Å². The van der Waals surface area contributed by atoms with Gasteiger partial charge in [-0.1, -0.05) is 36.4 Å².